The molecule has 108 valence electrons. The number of phenols is 1. The van der Waals surface area contributed by atoms with Crippen molar-refractivity contribution in [2.24, 2.45) is 0 Å². The van der Waals surface area contributed by atoms with Crippen LogP contribution >= 0.6 is 0 Å². The molecule has 2 aliphatic heterocycles. The van der Waals surface area contributed by atoms with Crippen LogP contribution in [0.5, 0.6) is 5.75 Å². The first-order valence-electron chi connectivity index (χ1n) is 7.48. The summed E-state index contributed by atoms with van der Waals surface area (Å²) in [5.41, 5.74) is 1.37. The molecule has 2 unspecified atom stereocenters. The fraction of sp³-hybridized carbons (Fsp3) is 0.562. The van der Waals surface area contributed by atoms with Crippen LogP contribution in [0.4, 0.5) is 0 Å². The fourth-order valence-corrected chi connectivity index (χ4v) is 3.42. The molecule has 2 atom stereocenters. The lowest BCUT2D eigenvalue weighted by Gasteiger charge is -2.35. The van der Waals surface area contributed by atoms with E-state index in [-0.39, 0.29) is 17.7 Å². The molecule has 3 rings (SSSR count). The number of fused-ring (bicyclic) bond motifs is 1. The number of carbonyl (C=O) groups excluding carboxylic acids is 1. The summed E-state index contributed by atoms with van der Waals surface area (Å²) in [6.07, 6.45) is 4.68. The van der Waals surface area contributed by atoms with Crippen LogP contribution in [0.2, 0.25) is 0 Å². The first-order valence-corrected chi connectivity index (χ1v) is 7.48. The van der Waals surface area contributed by atoms with Crippen LogP contribution in [-0.2, 0) is 0 Å². The van der Waals surface area contributed by atoms with Crippen LogP contribution in [0.25, 0.3) is 0 Å². The molecular formula is C16H22N2O2. The van der Waals surface area contributed by atoms with Gasteiger partial charge in [-0.15, -0.1) is 0 Å². The zero-order valence-electron chi connectivity index (χ0n) is 11.9. The summed E-state index contributed by atoms with van der Waals surface area (Å²) in [6.45, 7) is 4.13. The molecule has 0 spiro atoms. The average molecular weight is 274 g/mol. The van der Waals surface area contributed by atoms with Gasteiger partial charge in [-0.2, -0.15) is 0 Å². The third-order valence-corrected chi connectivity index (χ3v) is 4.61. The maximum atomic E-state index is 12.3. The molecule has 4 nitrogen and oxygen atoms in total. The van der Waals surface area contributed by atoms with E-state index in [0.29, 0.717) is 11.6 Å². The monoisotopic (exact) mass is 274 g/mol. The number of aromatic hydroxyl groups is 1. The lowest BCUT2D eigenvalue weighted by molar-refractivity contribution is 0.0896. The molecule has 0 bridgehead atoms. The third-order valence-electron chi connectivity index (χ3n) is 4.61. The fourth-order valence-electron chi connectivity index (χ4n) is 3.42. The molecule has 0 aromatic heterocycles. The minimum atomic E-state index is -0.0236. The molecule has 20 heavy (non-hydrogen) atoms. The summed E-state index contributed by atoms with van der Waals surface area (Å²) in [4.78, 5) is 14.8. The van der Waals surface area contributed by atoms with Crippen LogP contribution in [0.3, 0.4) is 0 Å². The van der Waals surface area contributed by atoms with Crippen molar-refractivity contribution in [3.63, 3.8) is 0 Å². The number of amides is 1. The summed E-state index contributed by atoms with van der Waals surface area (Å²) in [7, 11) is 0. The van der Waals surface area contributed by atoms with Crippen molar-refractivity contribution in [3.8, 4) is 5.75 Å². The Morgan fingerprint density at radius 1 is 1.35 bits per heavy atom. The van der Waals surface area contributed by atoms with Gasteiger partial charge in [0.2, 0.25) is 0 Å². The van der Waals surface area contributed by atoms with Crippen LogP contribution in [0.15, 0.2) is 18.2 Å². The molecule has 0 saturated carbocycles. The number of rotatable bonds is 2. The van der Waals surface area contributed by atoms with Gasteiger partial charge in [0.1, 0.15) is 5.75 Å². The van der Waals surface area contributed by atoms with E-state index >= 15 is 0 Å². The predicted molar refractivity (Wildman–Crippen MR) is 77.9 cm³/mol. The Bertz CT molecular complexity index is 515. The summed E-state index contributed by atoms with van der Waals surface area (Å²) >= 11 is 0. The second-order valence-corrected chi connectivity index (χ2v) is 6.03. The van der Waals surface area contributed by atoms with Crippen LogP contribution in [0, 0.1) is 6.92 Å². The molecule has 0 aliphatic carbocycles. The highest BCUT2D eigenvalue weighted by atomic mass is 16.3. The Labute approximate surface area is 119 Å². The third kappa shape index (κ3) is 2.66. The van der Waals surface area contributed by atoms with Crippen LogP contribution in [0.1, 0.15) is 41.6 Å². The van der Waals surface area contributed by atoms with Gasteiger partial charge in [0.25, 0.3) is 5.91 Å². The van der Waals surface area contributed by atoms with Crippen molar-refractivity contribution < 1.29 is 9.90 Å². The van der Waals surface area contributed by atoms with Gasteiger partial charge in [-0.05, 0) is 62.9 Å². The van der Waals surface area contributed by atoms with Gasteiger partial charge < -0.3 is 15.3 Å². The van der Waals surface area contributed by atoms with E-state index in [1.165, 1.54) is 19.4 Å². The van der Waals surface area contributed by atoms with Gasteiger partial charge >= 0.3 is 0 Å². The van der Waals surface area contributed by atoms with Crippen molar-refractivity contribution in [2.75, 3.05) is 13.1 Å². The Morgan fingerprint density at radius 3 is 3.00 bits per heavy atom. The summed E-state index contributed by atoms with van der Waals surface area (Å²) in [5.74, 6) is 0.213. The minimum absolute atomic E-state index is 0.0236. The number of hydrogen-bond acceptors (Lipinski definition) is 3. The maximum absolute atomic E-state index is 12.3. The zero-order valence-corrected chi connectivity index (χ0v) is 11.9. The maximum Gasteiger partial charge on any atom is 0.251 e. The van der Waals surface area contributed by atoms with E-state index in [1.807, 2.05) is 6.92 Å². The number of nitrogens with zero attached hydrogens (tertiary/aromatic N) is 1. The second kappa shape index (κ2) is 5.44. The first kappa shape index (κ1) is 13.4. The molecule has 2 fully saturated rings. The molecular weight excluding hydrogens is 252 g/mol. The number of nitrogens with one attached hydrogen (secondary N) is 1. The average Bonchev–Trinajstić information content (AvgIpc) is 2.89. The number of aryl methyl sites for hydroxylation is 1. The minimum Gasteiger partial charge on any atom is -0.508 e. The summed E-state index contributed by atoms with van der Waals surface area (Å²) in [6, 6.07) is 5.97. The molecule has 2 aliphatic rings. The largest absolute Gasteiger partial charge is 0.508 e. The standard InChI is InChI=1S/C16H22N2O2/c1-11-9-12(4-5-15(11)19)16(20)17-13-6-8-18-7-2-3-14(18)10-13/h4-5,9,13-14,19H,2-3,6-8,10H2,1H3,(H,17,20). The number of hydrogen-bond donors (Lipinski definition) is 2. The van der Waals surface area contributed by atoms with Crippen molar-refractivity contribution >= 4 is 5.91 Å². The highest BCUT2D eigenvalue weighted by Crippen LogP contribution is 2.27. The van der Waals surface area contributed by atoms with Gasteiger partial charge in [0, 0.05) is 24.2 Å². The highest BCUT2D eigenvalue weighted by Gasteiger charge is 2.32. The zero-order chi connectivity index (χ0) is 14.1. The Kier molecular flexibility index (Phi) is 3.66. The van der Waals surface area contributed by atoms with Gasteiger partial charge in [0.05, 0.1) is 0 Å². The molecule has 0 radical (unpaired) electrons. The number of benzene rings is 1. The van der Waals surface area contributed by atoms with E-state index in [4.69, 9.17) is 0 Å². The van der Waals surface area contributed by atoms with E-state index in [1.54, 1.807) is 18.2 Å². The molecule has 1 aromatic rings. The normalized spacial score (nSPS) is 26.2. The molecule has 1 aromatic carbocycles. The van der Waals surface area contributed by atoms with Crippen molar-refractivity contribution in [3.05, 3.63) is 29.3 Å². The first-order chi connectivity index (χ1) is 9.63. The molecule has 2 N–H and O–H groups in total. The van der Waals surface area contributed by atoms with E-state index < -0.39 is 0 Å². The number of piperidine rings is 1. The Balaban J connectivity index is 1.62. The second-order valence-electron chi connectivity index (χ2n) is 6.03. The Hall–Kier alpha value is -1.55. The smallest absolute Gasteiger partial charge is 0.251 e. The van der Waals surface area contributed by atoms with Crippen molar-refractivity contribution in [1.29, 1.82) is 0 Å². The molecule has 2 heterocycles. The van der Waals surface area contributed by atoms with Gasteiger partial charge in [-0.25, -0.2) is 0 Å². The molecule has 4 heteroatoms. The number of carbonyl (C=O) groups is 1. The van der Waals surface area contributed by atoms with E-state index in [9.17, 15) is 9.90 Å². The van der Waals surface area contributed by atoms with Gasteiger partial charge in [-0.1, -0.05) is 0 Å². The highest BCUT2D eigenvalue weighted by molar-refractivity contribution is 5.94. The lowest BCUT2D eigenvalue weighted by atomic mass is 9.97. The SMILES string of the molecule is Cc1cc(C(=O)NC2CCN3CCCC3C2)ccc1O. The topological polar surface area (TPSA) is 52.6 Å². The lowest BCUT2D eigenvalue weighted by Crippen LogP contribution is -2.47. The van der Waals surface area contributed by atoms with Gasteiger partial charge in [-0.3, -0.25) is 4.79 Å². The van der Waals surface area contributed by atoms with Crippen LogP contribution in [-0.4, -0.2) is 41.1 Å². The van der Waals surface area contributed by atoms with E-state index in [0.717, 1.165) is 24.9 Å². The summed E-state index contributed by atoms with van der Waals surface area (Å²) < 4.78 is 0. The van der Waals surface area contributed by atoms with Crippen molar-refractivity contribution in [2.45, 2.75) is 44.7 Å². The Morgan fingerprint density at radius 2 is 2.20 bits per heavy atom. The molecule has 2 saturated heterocycles. The predicted octanol–water partition coefficient (Wildman–Crippen LogP) is 2.06. The number of phenolic OH excluding ortho intramolecular Hbond substituents is 1. The van der Waals surface area contributed by atoms with Crippen molar-refractivity contribution in [1.82, 2.24) is 10.2 Å². The van der Waals surface area contributed by atoms with Crippen LogP contribution < -0.4 is 5.32 Å². The quantitative estimate of drug-likeness (QED) is 0.868. The molecule has 1 amide bonds. The van der Waals surface area contributed by atoms with Gasteiger partial charge in [0.15, 0.2) is 0 Å². The van der Waals surface area contributed by atoms with E-state index in [2.05, 4.69) is 10.2 Å². The summed E-state index contributed by atoms with van der Waals surface area (Å²) in [5, 5.41) is 12.7.